The van der Waals surface area contributed by atoms with E-state index >= 15 is 0 Å². The Morgan fingerprint density at radius 2 is 1.90 bits per heavy atom. The summed E-state index contributed by atoms with van der Waals surface area (Å²) < 4.78 is 10.9. The minimum Gasteiger partial charge on any atom is -0.493 e. The molecule has 2 aromatic rings. The largest absolute Gasteiger partial charge is 0.493 e. The van der Waals surface area contributed by atoms with E-state index in [1.807, 2.05) is 30.3 Å². The maximum absolute atomic E-state index is 11.4. The monoisotopic (exact) mass is 269 g/mol. The van der Waals surface area contributed by atoms with Gasteiger partial charge in [-0.2, -0.15) is 0 Å². The second-order valence-corrected chi connectivity index (χ2v) is 4.15. The molecule has 0 heterocycles. The summed E-state index contributed by atoms with van der Waals surface area (Å²) in [5.41, 5.74) is 1.46. The van der Waals surface area contributed by atoms with Gasteiger partial charge in [0.15, 0.2) is 11.5 Å². The summed E-state index contributed by atoms with van der Waals surface area (Å²) in [5.74, 6) is 0.685. The highest BCUT2D eigenvalue weighted by Crippen LogP contribution is 2.28. The number of benzene rings is 2. The molecule has 0 aromatic heterocycles. The van der Waals surface area contributed by atoms with Gasteiger partial charge in [0.05, 0.1) is 13.3 Å². The van der Waals surface area contributed by atoms with Crippen LogP contribution in [0.1, 0.15) is 15.9 Å². The average molecular weight is 269 g/mol. The van der Waals surface area contributed by atoms with Crippen molar-refractivity contribution < 1.29 is 14.3 Å². The van der Waals surface area contributed by atoms with E-state index in [0.29, 0.717) is 23.7 Å². The number of carbonyl (C=O) groups is 1. The zero-order valence-corrected chi connectivity index (χ0v) is 11.1. The van der Waals surface area contributed by atoms with Gasteiger partial charge in [-0.15, -0.1) is 0 Å². The molecule has 2 aromatic carbocycles. The van der Waals surface area contributed by atoms with E-state index in [4.69, 9.17) is 14.9 Å². The van der Waals surface area contributed by atoms with Crippen LogP contribution in [0.4, 0.5) is 0 Å². The first kappa shape index (κ1) is 13.8. The Labute approximate surface area is 117 Å². The molecule has 0 saturated heterocycles. The smallest absolute Gasteiger partial charge is 0.203 e. The molecule has 4 nitrogen and oxygen atoms in total. The molecule has 0 bridgehead atoms. The third-order valence-corrected chi connectivity index (χ3v) is 2.82. The van der Waals surface area contributed by atoms with Crippen LogP contribution >= 0.6 is 0 Å². The van der Waals surface area contributed by atoms with Crippen molar-refractivity contribution in [3.63, 3.8) is 0 Å². The highest BCUT2D eigenvalue weighted by atomic mass is 16.5. The molecule has 1 N–H and O–H groups in total. The van der Waals surface area contributed by atoms with Gasteiger partial charge < -0.3 is 14.9 Å². The van der Waals surface area contributed by atoms with Crippen molar-refractivity contribution in [3.05, 3.63) is 59.7 Å². The standard InChI is InChI=1S/C16H15NO3/c1-19-16-9-13(14(18)10-17)7-8-15(16)20-11-12-5-3-2-4-6-12/h2-10,17H,11H2,1H3. The zero-order chi connectivity index (χ0) is 14.4. The molecule has 0 aliphatic heterocycles. The average Bonchev–Trinajstić information content (AvgIpc) is 2.53. The van der Waals surface area contributed by atoms with Crippen LogP contribution in [0.3, 0.4) is 0 Å². The minimum absolute atomic E-state index is 0.363. The number of rotatable bonds is 6. The van der Waals surface area contributed by atoms with Gasteiger partial charge in [0.2, 0.25) is 5.78 Å². The summed E-state index contributed by atoms with van der Waals surface area (Å²) in [7, 11) is 1.52. The molecule has 0 fully saturated rings. The van der Waals surface area contributed by atoms with Gasteiger partial charge in [0.1, 0.15) is 6.61 Å². The number of hydrogen-bond donors (Lipinski definition) is 1. The summed E-state index contributed by atoms with van der Waals surface area (Å²) in [6.07, 6.45) is 0.777. The first-order valence-corrected chi connectivity index (χ1v) is 6.14. The molecule has 0 aliphatic carbocycles. The molecular weight excluding hydrogens is 254 g/mol. The molecule has 2 rings (SSSR count). The fraction of sp³-hybridized carbons (Fsp3) is 0.125. The first-order chi connectivity index (χ1) is 9.74. The second kappa shape index (κ2) is 6.52. The Kier molecular flexibility index (Phi) is 4.50. The van der Waals surface area contributed by atoms with E-state index in [-0.39, 0.29) is 5.78 Å². The van der Waals surface area contributed by atoms with E-state index < -0.39 is 0 Å². The van der Waals surface area contributed by atoms with Crippen molar-refractivity contribution in [2.24, 2.45) is 0 Å². The molecule has 0 atom stereocenters. The quantitative estimate of drug-likeness (QED) is 0.647. The molecule has 0 unspecified atom stereocenters. The van der Waals surface area contributed by atoms with Crippen molar-refractivity contribution in [1.29, 1.82) is 5.41 Å². The first-order valence-electron chi connectivity index (χ1n) is 6.14. The molecule has 0 saturated carbocycles. The van der Waals surface area contributed by atoms with Gasteiger partial charge in [0, 0.05) is 5.56 Å². The van der Waals surface area contributed by atoms with E-state index in [0.717, 1.165) is 11.8 Å². The van der Waals surface area contributed by atoms with Crippen molar-refractivity contribution in [2.75, 3.05) is 7.11 Å². The molecular formula is C16H15NO3. The second-order valence-electron chi connectivity index (χ2n) is 4.15. The highest BCUT2D eigenvalue weighted by Gasteiger charge is 2.09. The lowest BCUT2D eigenvalue weighted by Crippen LogP contribution is -2.02. The minimum atomic E-state index is -0.363. The van der Waals surface area contributed by atoms with E-state index in [2.05, 4.69) is 0 Å². The van der Waals surface area contributed by atoms with Crippen LogP contribution < -0.4 is 9.47 Å². The normalized spacial score (nSPS) is 9.85. The summed E-state index contributed by atoms with van der Waals surface area (Å²) in [5, 5.41) is 6.97. The number of ether oxygens (including phenoxy) is 2. The highest BCUT2D eigenvalue weighted by molar-refractivity contribution is 6.34. The van der Waals surface area contributed by atoms with Crippen LogP contribution in [0.25, 0.3) is 0 Å². The van der Waals surface area contributed by atoms with Gasteiger partial charge >= 0.3 is 0 Å². The molecule has 102 valence electrons. The van der Waals surface area contributed by atoms with Crippen LogP contribution in [0, 0.1) is 5.41 Å². The Hall–Kier alpha value is -2.62. The van der Waals surface area contributed by atoms with Crippen molar-refractivity contribution >= 4 is 12.0 Å². The zero-order valence-electron chi connectivity index (χ0n) is 11.1. The molecule has 4 heteroatoms. The predicted molar refractivity (Wildman–Crippen MR) is 76.9 cm³/mol. The molecule has 0 amide bonds. The van der Waals surface area contributed by atoms with E-state index in [9.17, 15) is 4.79 Å². The molecule has 0 radical (unpaired) electrons. The Morgan fingerprint density at radius 3 is 2.55 bits per heavy atom. The third kappa shape index (κ3) is 3.23. The van der Waals surface area contributed by atoms with Crippen LogP contribution in [0.2, 0.25) is 0 Å². The van der Waals surface area contributed by atoms with Gasteiger partial charge in [-0.05, 0) is 23.8 Å². The topological polar surface area (TPSA) is 59.4 Å². The Balaban J connectivity index is 2.15. The number of Topliss-reactive ketones (excluding diaryl/α,β-unsaturated/α-hetero) is 1. The number of ketones is 1. The number of carbonyl (C=O) groups excluding carboxylic acids is 1. The van der Waals surface area contributed by atoms with Crippen molar-refractivity contribution in [2.45, 2.75) is 6.61 Å². The van der Waals surface area contributed by atoms with Crippen molar-refractivity contribution in [1.82, 2.24) is 0 Å². The maximum atomic E-state index is 11.4. The van der Waals surface area contributed by atoms with Gasteiger partial charge in [0.25, 0.3) is 0 Å². The summed E-state index contributed by atoms with van der Waals surface area (Å²) in [4.78, 5) is 11.4. The SMILES string of the molecule is COc1cc(C(=O)C=N)ccc1OCc1ccccc1. The summed E-state index contributed by atoms with van der Waals surface area (Å²) in [6, 6.07) is 14.7. The Morgan fingerprint density at radius 1 is 1.15 bits per heavy atom. The fourth-order valence-corrected chi connectivity index (χ4v) is 1.76. The molecule has 0 spiro atoms. The fourth-order valence-electron chi connectivity index (χ4n) is 1.76. The summed E-state index contributed by atoms with van der Waals surface area (Å²) in [6.45, 7) is 0.426. The van der Waals surface area contributed by atoms with Crippen LogP contribution in [0.5, 0.6) is 11.5 Å². The lowest BCUT2D eigenvalue weighted by Gasteiger charge is -2.11. The molecule has 20 heavy (non-hydrogen) atoms. The lowest BCUT2D eigenvalue weighted by molar-refractivity contribution is 0.106. The lowest BCUT2D eigenvalue weighted by atomic mass is 10.1. The van der Waals surface area contributed by atoms with E-state index in [1.165, 1.54) is 7.11 Å². The van der Waals surface area contributed by atoms with Crippen molar-refractivity contribution in [3.8, 4) is 11.5 Å². The number of methoxy groups -OCH3 is 1. The summed E-state index contributed by atoms with van der Waals surface area (Å²) >= 11 is 0. The number of nitrogens with one attached hydrogen (secondary N) is 1. The molecule has 0 aliphatic rings. The van der Waals surface area contributed by atoms with Gasteiger partial charge in [-0.1, -0.05) is 30.3 Å². The van der Waals surface area contributed by atoms with E-state index in [1.54, 1.807) is 18.2 Å². The Bertz CT molecular complexity index is 608. The van der Waals surface area contributed by atoms with Crippen LogP contribution in [0.15, 0.2) is 48.5 Å². The maximum Gasteiger partial charge on any atom is 0.203 e. The van der Waals surface area contributed by atoms with Crippen LogP contribution in [-0.4, -0.2) is 19.1 Å². The third-order valence-electron chi connectivity index (χ3n) is 2.82. The number of hydrogen-bond acceptors (Lipinski definition) is 4. The van der Waals surface area contributed by atoms with Gasteiger partial charge in [-0.3, -0.25) is 4.79 Å². The predicted octanol–water partition coefficient (Wildman–Crippen LogP) is 3.11. The van der Waals surface area contributed by atoms with Crippen LogP contribution in [-0.2, 0) is 6.61 Å². The van der Waals surface area contributed by atoms with Gasteiger partial charge in [-0.25, -0.2) is 0 Å².